The summed E-state index contributed by atoms with van der Waals surface area (Å²) in [6.45, 7) is 3.12. The van der Waals surface area contributed by atoms with Gasteiger partial charge in [-0.3, -0.25) is 14.5 Å². The van der Waals surface area contributed by atoms with Crippen LogP contribution in [0.1, 0.15) is 75.1 Å². The zero-order chi connectivity index (χ0) is 23.6. The van der Waals surface area contributed by atoms with Gasteiger partial charge in [-0.1, -0.05) is 38.0 Å². The summed E-state index contributed by atoms with van der Waals surface area (Å²) in [5.41, 5.74) is 0.510. The lowest BCUT2D eigenvalue weighted by Gasteiger charge is -2.41. The van der Waals surface area contributed by atoms with E-state index in [9.17, 15) is 14.4 Å². The molecule has 1 amide bonds. The summed E-state index contributed by atoms with van der Waals surface area (Å²) in [7, 11) is 2.07. The van der Waals surface area contributed by atoms with Crippen molar-refractivity contribution in [3.63, 3.8) is 0 Å². The molecule has 2 aliphatic heterocycles. The number of hydrogen-bond acceptors (Lipinski definition) is 6. The van der Waals surface area contributed by atoms with Crippen molar-refractivity contribution in [3.8, 4) is 0 Å². The normalized spacial score (nSPS) is 24.3. The number of rotatable bonds is 12. The van der Waals surface area contributed by atoms with E-state index in [1.807, 2.05) is 18.2 Å². The van der Waals surface area contributed by atoms with E-state index in [2.05, 4.69) is 24.2 Å². The molecule has 1 N–H and O–H groups in total. The highest BCUT2D eigenvalue weighted by molar-refractivity contribution is 5.90. The molecule has 3 rings (SSSR count). The lowest BCUT2D eigenvalue weighted by Crippen LogP contribution is -2.55. The van der Waals surface area contributed by atoms with Crippen LogP contribution in [0.2, 0.25) is 0 Å². The number of fused-ring (bicyclic) bond motifs is 2. The Bertz CT molecular complexity index is 784. The van der Waals surface area contributed by atoms with Gasteiger partial charge in [-0.05, 0) is 51.3 Å². The van der Waals surface area contributed by atoms with Crippen LogP contribution in [-0.2, 0) is 19.1 Å². The predicted octanol–water partition coefficient (Wildman–Crippen LogP) is 3.71. The minimum absolute atomic E-state index is 0.0444. The number of nitrogens with zero attached hydrogens (tertiary/aromatic N) is 1. The molecule has 2 fully saturated rings. The Balaban J connectivity index is 1.46. The highest BCUT2D eigenvalue weighted by Gasteiger charge is 2.50. The maximum absolute atomic E-state index is 13.1. The van der Waals surface area contributed by atoms with Crippen molar-refractivity contribution in [2.24, 2.45) is 5.92 Å². The van der Waals surface area contributed by atoms with Crippen molar-refractivity contribution >= 4 is 17.8 Å². The van der Waals surface area contributed by atoms with Gasteiger partial charge in [0.1, 0.15) is 6.10 Å². The number of nitrogens with one attached hydrogen (secondary N) is 1. The van der Waals surface area contributed by atoms with Gasteiger partial charge in [0.05, 0.1) is 18.1 Å². The first-order chi connectivity index (χ1) is 16.0. The average molecular weight is 459 g/mol. The van der Waals surface area contributed by atoms with E-state index in [0.717, 1.165) is 44.9 Å². The molecule has 7 heteroatoms. The first-order valence-electron chi connectivity index (χ1n) is 12.4. The summed E-state index contributed by atoms with van der Waals surface area (Å²) in [6, 6.07) is 9.40. The Morgan fingerprint density at radius 1 is 1.06 bits per heavy atom. The van der Waals surface area contributed by atoms with Crippen molar-refractivity contribution < 1.29 is 23.9 Å². The van der Waals surface area contributed by atoms with Crippen molar-refractivity contribution in [2.75, 3.05) is 20.2 Å². The molecule has 0 radical (unpaired) electrons. The molecular weight excluding hydrogens is 420 g/mol. The standard InChI is InChI=1S/C26H38N2O5/c1-3-4-17-32-23(29)13-9-6-10-16-27-25(30)24-21-15-14-20(28(21)2)18-22(24)33-26(31)19-11-7-5-8-12-19/h5,7-8,11-12,20-22,24H,3-4,6,9-10,13-18H2,1-2H3,(H,27,30)/t20?,21?,22-,24+/m0/s1. The summed E-state index contributed by atoms with van der Waals surface area (Å²) in [6.07, 6.45) is 6.99. The van der Waals surface area contributed by atoms with Crippen LogP contribution in [0.25, 0.3) is 0 Å². The first-order valence-corrected chi connectivity index (χ1v) is 12.4. The monoisotopic (exact) mass is 458 g/mol. The van der Waals surface area contributed by atoms with Gasteiger partial charge in [0.2, 0.25) is 5.91 Å². The van der Waals surface area contributed by atoms with E-state index in [-0.39, 0.29) is 29.8 Å². The van der Waals surface area contributed by atoms with Gasteiger partial charge in [-0.2, -0.15) is 0 Å². The molecule has 0 aliphatic carbocycles. The number of hydrogen-bond donors (Lipinski definition) is 1. The molecule has 1 aromatic rings. The molecule has 182 valence electrons. The van der Waals surface area contributed by atoms with Crippen molar-refractivity contribution in [1.82, 2.24) is 10.2 Å². The minimum Gasteiger partial charge on any atom is -0.466 e. The van der Waals surface area contributed by atoms with Gasteiger partial charge in [-0.15, -0.1) is 0 Å². The lowest BCUT2D eigenvalue weighted by atomic mass is 9.86. The maximum atomic E-state index is 13.1. The van der Waals surface area contributed by atoms with Crippen LogP contribution in [0.5, 0.6) is 0 Å². The third kappa shape index (κ3) is 7.03. The smallest absolute Gasteiger partial charge is 0.338 e. The number of unbranched alkanes of at least 4 members (excludes halogenated alkanes) is 3. The van der Waals surface area contributed by atoms with Crippen molar-refractivity contribution in [3.05, 3.63) is 35.9 Å². The van der Waals surface area contributed by atoms with E-state index >= 15 is 0 Å². The molecule has 4 atom stereocenters. The van der Waals surface area contributed by atoms with Crippen LogP contribution in [-0.4, -0.2) is 61.1 Å². The molecule has 33 heavy (non-hydrogen) atoms. The summed E-state index contributed by atoms with van der Waals surface area (Å²) in [4.78, 5) is 39.7. The molecule has 0 aromatic heterocycles. The van der Waals surface area contributed by atoms with E-state index < -0.39 is 6.10 Å². The van der Waals surface area contributed by atoms with Gasteiger partial charge in [0, 0.05) is 31.5 Å². The number of carbonyl (C=O) groups excluding carboxylic acids is 3. The summed E-state index contributed by atoms with van der Waals surface area (Å²) >= 11 is 0. The third-order valence-corrected chi connectivity index (χ3v) is 6.90. The van der Waals surface area contributed by atoms with Crippen LogP contribution in [0.3, 0.4) is 0 Å². The molecular formula is C26H38N2O5. The third-order valence-electron chi connectivity index (χ3n) is 6.90. The van der Waals surface area contributed by atoms with Crippen LogP contribution in [0.4, 0.5) is 0 Å². The topological polar surface area (TPSA) is 84.9 Å². The average Bonchev–Trinajstić information content (AvgIpc) is 3.04. The first kappa shape index (κ1) is 25.2. The predicted molar refractivity (Wildman–Crippen MR) is 126 cm³/mol. The zero-order valence-corrected chi connectivity index (χ0v) is 20.0. The quantitative estimate of drug-likeness (QED) is 0.380. The Hall–Kier alpha value is -2.41. The molecule has 2 heterocycles. The Morgan fingerprint density at radius 3 is 2.61 bits per heavy atom. The highest BCUT2D eigenvalue weighted by atomic mass is 16.5. The number of esters is 2. The fourth-order valence-corrected chi connectivity index (χ4v) is 4.97. The van der Waals surface area contributed by atoms with Gasteiger partial charge in [-0.25, -0.2) is 4.79 Å². The van der Waals surface area contributed by atoms with Gasteiger partial charge in [0.25, 0.3) is 0 Å². The summed E-state index contributed by atoms with van der Waals surface area (Å²) < 4.78 is 11.0. The molecule has 0 spiro atoms. The van der Waals surface area contributed by atoms with Crippen LogP contribution >= 0.6 is 0 Å². The largest absolute Gasteiger partial charge is 0.466 e. The zero-order valence-electron chi connectivity index (χ0n) is 20.0. The number of carbonyl (C=O) groups is 3. The molecule has 2 aliphatic rings. The van der Waals surface area contributed by atoms with E-state index in [1.165, 1.54) is 0 Å². The second kappa shape index (κ2) is 12.7. The van der Waals surface area contributed by atoms with Gasteiger partial charge < -0.3 is 14.8 Å². The second-order valence-electron chi connectivity index (χ2n) is 9.21. The van der Waals surface area contributed by atoms with E-state index in [1.54, 1.807) is 12.1 Å². The molecule has 7 nitrogen and oxygen atoms in total. The fraction of sp³-hybridized carbons (Fsp3) is 0.654. The Labute approximate surface area is 197 Å². The molecule has 0 saturated carbocycles. The van der Waals surface area contributed by atoms with Crippen molar-refractivity contribution in [1.29, 1.82) is 0 Å². The number of ether oxygens (including phenoxy) is 2. The SMILES string of the molecule is CCCCOC(=O)CCCCCNC(=O)[C@@H]1C2CCC(C[C@@H]1OC(=O)c1ccccc1)N2C. The Kier molecular flexibility index (Phi) is 9.73. The van der Waals surface area contributed by atoms with E-state index in [0.29, 0.717) is 37.6 Å². The fourth-order valence-electron chi connectivity index (χ4n) is 4.97. The molecule has 2 bridgehead atoms. The maximum Gasteiger partial charge on any atom is 0.338 e. The van der Waals surface area contributed by atoms with Crippen molar-refractivity contribution in [2.45, 2.75) is 82.9 Å². The summed E-state index contributed by atoms with van der Waals surface area (Å²) in [5.74, 6) is -0.920. The second-order valence-corrected chi connectivity index (χ2v) is 9.21. The van der Waals surface area contributed by atoms with Crippen LogP contribution in [0, 0.1) is 5.92 Å². The van der Waals surface area contributed by atoms with E-state index in [4.69, 9.17) is 9.47 Å². The minimum atomic E-state index is -0.413. The summed E-state index contributed by atoms with van der Waals surface area (Å²) in [5, 5.41) is 3.06. The number of benzene rings is 1. The van der Waals surface area contributed by atoms with Gasteiger partial charge in [0.15, 0.2) is 0 Å². The molecule has 2 unspecified atom stereocenters. The Morgan fingerprint density at radius 2 is 1.85 bits per heavy atom. The number of piperidine rings is 1. The van der Waals surface area contributed by atoms with Gasteiger partial charge >= 0.3 is 11.9 Å². The highest BCUT2D eigenvalue weighted by Crippen LogP contribution is 2.40. The van der Waals surface area contributed by atoms with Crippen LogP contribution in [0.15, 0.2) is 30.3 Å². The molecule has 1 aromatic carbocycles. The number of amides is 1. The molecule has 2 saturated heterocycles. The van der Waals surface area contributed by atoms with Crippen LogP contribution < -0.4 is 5.32 Å². The lowest BCUT2D eigenvalue weighted by molar-refractivity contribution is -0.144.